The van der Waals surface area contributed by atoms with E-state index < -0.39 is 0 Å². The molecule has 0 atom stereocenters. The van der Waals surface area contributed by atoms with E-state index in [0.29, 0.717) is 12.1 Å². The highest BCUT2D eigenvalue weighted by Crippen LogP contribution is 2.33. The Morgan fingerprint density at radius 3 is 2.04 bits per heavy atom. The van der Waals surface area contributed by atoms with E-state index in [9.17, 15) is 4.79 Å². The third-order valence-electron chi connectivity index (χ3n) is 4.43. The molecule has 0 heterocycles. The molecule has 2 N–H and O–H groups in total. The second-order valence-corrected chi connectivity index (χ2v) is 6.19. The van der Waals surface area contributed by atoms with E-state index in [4.69, 9.17) is 9.84 Å². The van der Waals surface area contributed by atoms with Gasteiger partial charge in [-0.1, -0.05) is 72.8 Å². The first-order chi connectivity index (χ1) is 13.2. The van der Waals surface area contributed by atoms with Gasteiger partial charge in [-0.2, -0.15) is 0 Å². The summed E-state index contributed by atoms with van der Waals surface area (Å²) in [6.45, 7) is 2.38. The Hall–Kier alpha value is -2.95. The molecule has 0 saturated carbocycles. The molecule has 3 aromatic carbocycles. The molecule has 3 rings (SSSR count). The van der Waals surface area contributed by atoms with E-state index >= 15 is 0 Å². The summed E-state index contributed by atoms with van der Waals surface area (Å²) in [5.74, 6) is -0.380. The molecule has 138 valence electrons. The number of aliphatic hydroxyl groups is 1. The predicted molar refractivity (Wildman–Crippen MR) is 107 cm³/mol. The lowest BCUT2D eigenvalue weighted by atomic mass is 9.90. The van der Waals surface area contributed by atoms with Gasteiger partial charge < -0.3 is 9.84 Å². The van der Waals surface area contributed by atoms with E-state index in [-0.39, 0.29) is 19.3 Å². The van der Waals surface area contributed by atoms with E-state index in [1.807, 2.05) is 79.7 Å². The fraction of sp³-hybridized carbons (Fsp3) is 0.174. The zero-order valence-corrected chi connectivity index (χ0v) is 15.3. The highest BCUT2D eigenvalue weighted by Gasteiger charge is 2.20. The van der Waals surface area contributed by atoms with Gasteiger partial charge in [-0.05, 0) is 34.7 Å². The van der Waals surface area contributed by atoms with E-state index in [1.54, 1.807) is 0 Å². The van der Waals surface area contributed by atoms with Crippen molar-refractivity contribution in [1.82, 2.24) is 5.32 Å². The maximum Gasteiger partial charge on any atom is 0.340 e. The molecule has 0 aliphatic carbocycles. The molecule has 4 nitrogen and oxygen atoms in total. The summed E-state index contributed by atoms with van der Waals surface area (Å²) in [4.78, 5) is 12.9. The molecule has 0 saturated heterocycles. The van der Waals surface area contributed by atoms with Gasteiger partial charge in [0.25, 0.3) is 0 Å². The standard InChI is InChI=1S/C23H23NO3/c1-17-20(18-8-4-2-5-9-18)12-13-21(19-10-6-3-7-11-19)22(17)23(26)27-16-24-14-15-25/h2-13,24-25H,14-16H2,1H3. The molecule has 0 bridgehead atoms. The van der Waals surface area contributed by atoms with Gasteiger partial charge in [-0.15, -0.1) is 0 Å². The van der Waals surface area contributed by atoms with Crippen molar-refractivity contribution in [3.8, 4) is 22.3 Å². The van der Waals surface area contributed by atoms with E-state index in [2.05, 4.69) is 5.32 Å². The smallest absolute Gasteiger partial charge is 0.340 e. The fourth-order valence-electron chi connectivity index (χ4n) is 3.10. The van der Waals surface area contributed by atoms with Crippen LogP contribution in [0.1, 0.15) is 15.9 Å². The molecule has 0 radical (unpaired) electrons. The number of carbonyl (C=O) groups is 1. The van der Waals surface area contributed by atoms with Crippen molar-refractivity contribution in [2.45, 2.75) is 6.92 Å². The molecule has 4 heteroatoms. The lowest BCUT2D eigenvalue weighted by Gasteiger charge is -2.16. The Balaban J connectivity index is 2.04. The maximum absolute atomic E-state index is 12.9. The van der Waals surface area contributed by atoms with Crippen LogP contribution in [-0.2, 0) is 4.74 Å². The quantitative estimate of drug-likeness (QED) is 0.379. The van der Waals surface area contributed by atoms with Crippen LogP contribution in [0.4, 0.5) is 0 Å². The van der Waals surface area contributed by atoms with Crippen LogP contribution in [0.25, 0.3) is 22.3 Å². The highest BCUT2D eigenvalue weighted by molar-refractivity contribution is 6.01. The molecule has 0 aromatic heterocycles. The number of aliphatic hydroxyl groups excluding tert-OH is 1. The number of hydrogen-bond donors (Lipinski definition) is 2. The number of rotatable bonds is 7. The van der Waals surface area contributed by atoms with Gasteiger partial charge in [0.2, 0.25) is 0 Å². The van der Waals surface area contributed by atoms with Crippen LogP contribution in [0.2, 0.25) is 0 Å². The van der Waals surface area contributed by atoms with Gasteiger partial charge in [0.1, 0.15) is 6.73 Å². The summed E-state index contributed by atoms with van der Waals surface area (Å²) in [5, 5.41) is 11.7. The first-order valence-corrected chi connectivity index (χ1v) is 8.95. The molecule has 0 amide bonds. The van der Waals surface area contributed by atoms with Crippen molar-refractivity contribution < 1.29 is 14.6 Å². The molecular weight excluding hydrogens is 338 g/mol. The Bertz CT molecular complexity index is 892. The second kappa shape index (κ2) is 9.12. The van der Waals surface area contributed by atoms with Crippen LogP contribution in [0.15, 0.2) is 72.8 Å². The Morgan fingerprint density at radius 2 is 1.44 bits per heavy atom. The van der Waals surface area contributed by atoms with Gasteiger partial charge in [-0.25, -0.2) is 4.79 Å². The molecule has 3 aromatic rings. The summed E-state index contributed by atoms with van der Waals surface area (Å²) < 4.78 is 5.40. The van der Waals surface area contributed by atoms with Crippen LogP contribution in [-0.4, -0.2) is 31.0 Å². The van der Waals surface area contributed by atoms with Crippen molar-refractivity contribution in [3.63, 3.8) is 0 Å². The first kappa shape index (κ1) is 18.8. The largest absolute Gasteiger partial charge is 0.446 e. The number of carbonyl (C=O) groups excluding carboxylic acids is 1. The zero-order chi connectivity index (χ0) is 19.1. The lowest BCUT2D eigenvalue weighted by Crippen LogP contribution is -2.24. The monoisotopic (exact) mass is 361 g/mol. The van der Waals surface area contributed by atoms with Crippen molar-refractivity contribution >= 4 is 5.97 Å². The molecule has 0 spiro atoms. The van der Waals surface area contributed by atoms with E-state index in [0.717, 1.165) is 27.8 Å². The van der Waals surface area contributed by atoms with Gasteiger partial charge >= 0.3 is 5.97 Å². The van der Waals surface area contributed by atoms with Gasteiger partial charge in [0.15, 0.2) is 0 Å². The van der Waals surface area contributed by atoms with Crippen LogP contribution < -0.4 is 5.32 Å². The predicted octanol–water partition coefficient (Wildman–Crippen LogP) is 4.03. The third-order valence-corrected chi connectivity index (χ3v) is 4.43. The minimum absolute atomic E-state index is 0.00463. The number of ether oxygens (including phenoxy) is 1. The Kier molecular flexibility index (Phi) is 6.36. The van der Waals surface area contributed by atoms with Gasteiger partial charge in [-0.3, -0.25) is 5.32 Å². The van der Waals surface area contributed by atoms with Crippen molar-refractivity contribution in [2.75, 3.05) is 19.9 Å². The average molecular weight is 361 g/mol. The van der Waals surface area contributed by atoms with Crippen LogP contribution in [0.3, 0.4) is 0 Å². The van der Waals surface area contributed by atoms with Crippen LogP contribution in [0, 0.1) is 6.92 Å². The summed E-state index contributed by atoms with van der Waals surface area (Å²) in [7, 11) is 0. The van der Waals surface area contributed by atoms with Gasteiger partial charge in [0, 0.05) is 6.54 Å². The number of nitrogens with one attached hydrogen (secondary N) is 1. The normalized spacial score (nSPS) is 10.6. The van der Waals surface area contributed by atoms with Crippen molar-refractivity contribution in [2.24, 2.45) is 0 Å². The van der Waals surface area contributed by atoms with Crippen LogP contribution in [0.5, 0.6) is 0 Å². The SMILES string of the molecule is Cc1c(-c2ccccc2)ccc(-c2ccccc2)c1C(=O)OCNCCO. The summed E-state index contributed by atoms with van der Waals surface area (Å²) >= 11 is 0. The van der Waals surface area contributed by atoms with Crippen LogP contribution >= 0.6 is 0 Å². The second-order valence-electron chi connectivity index (χ2n) is 6.19. The van der Waals surface area contributed by atoms with Gasteiger partial charge in [0.05, 0.1) is 12.2 Å². The minimum atomic E-state index is -0.380. The first-order valence-electron chi connectivity index (χ1n) is 8.95. The molecule has 0 fully saturated rings. The third kappa shape index (κ3) is 4.42. The summed E-state index contributed by atoms with van der Waals surface area (Å²) in [6.07, 6.45) is 0. The average Bonchev–Trinajstić information content (AvgIpc) is 2.72. The maximum atomic E-state index is 12.9. The Morgan fingerprint density at radius 1 is 0.889 bits per heavy atom. The molecular formula is C23H23NO3. The molecule has 0 aliphatic rings. The summed E-state index contributed by atoms with van der Waals surface area (Å²) in [6, 6.07) is 23.8. The zero-order valence-electron chi connectivity index (χ0n) is 15.3. The molecule has 0 aliphatic heterocycles. The van der Waals surface area contributed by atoms with E-state index in [1.165, 1.54) is 0 Å². The number of hydrogen-bond acceptors (Lipinski definition) is 4. The highest BCUT2D eigenvalue weighted by atomic mass is 16.5. The Labute approximate surface area is 159 Å². The van der Waals surface area contributed by atoms with Crippen molar-refractivity contribution in [1.29, 1.82) is 0 Å². The van der Waals surface area contributed by atoms with Crippen molar-refractivity contribution in [3.05, 3.63) is 83.9 Å². The molecule has 0 unspecified atom stereocenters. The fourth-order valence-corrected chi connectivity index (χ4v) is 3.10. The lowest BCUT2D eigenvalue weighted by molar-refractivity contribution is 0.0467. The topological polar surface area (TPSA) is 58.6 Å². The number of benzene rings is 3. The minimum Gasteiger partial charge on any atom is -0.446 e. The summed E-state index contributed by atoms with van der Waals surface area (Å²) in [5.41, 5.74) is 5.33. The number of esters is 1. The molecule has 27 heavy (non-hydrogen) atoms.